The van der Waals surface area contributed by atoms with Gasteiger partial charge in [0.15, 0.2) is 0 Å². The fourth-order valence-electron chi connectivity index (χ4n) is 2.67. The first-order valence-corrected chi connectivity index (χ1v) is 9.36. The smallest absolute Gasteiger partial charge is 0.230 e. The van der Waals surface area contributed by atoms with Crippen LogP contribution in [-0.2, 0) is 4.79 Å². The second-order valence-corrected chi connectivity index (χ2v) is 7.26. The molecule has 1 amide bonds. The monoisotopic (exact) mass is 350 g/mol. The highest BCUT2D eigenvalue weighted by atomic mass is 32.2. The predicted molar refractivity (Wildman–Crippen MR) is 105 cm³/mol. The number of aryl methyl sites for hydroxylation is 2. The highest BCUT2D eigenvalue weighted by Gasteiger charge is 2.11. The van der Waals surface area contributed by atoms with Gasteiger partial charge in [-0.05, 0) is 49.6 Å². The van der Waals surface area contributed by atoms with Crippen molar-refractivity contribution in [1.29, 1.82) is 0 Å². The number of rotatable bonds is 5. The molecule has 0 aliphatic rings. The molecule has 0 saturated carbocycles. The van der Waals surface area contributed by atoms with E-state index < -0.39 is 0 Å². The molecule has 3 rings (SSSR count). The largest absolute Gasteiger partial charge is 0.349 e. The molecule has 3 aromatic rings. The van der Waals surface area contributed by atoms with Crippen molar-refractivity contribution in [2.24, 2.45) is 0 Å². The highest BCUT2D eigenvalue weighted by molar-refractivity contribution is 7.99. The Hall–Kier alpha value is -2.33. The topological polar surface area (TPSA) is 42.0 Å². The van der Waals surface area contributed by atoms with Crippen molar-refractivity contribution in [3.05, 3.63) is 71.3 Å². The lowest BCUT2D eigenvalue weighted by molar-refractivity contribution is -0.119. The number of para-hydroxylation sites is 1. The zero-order valence-corrected chi connectivity index (χ0v) is 15.6. The molecule has 0 aliphatic carbocycles. The Balaban J connectivity index is 1.58. The lowest BCUT2D eigenvalue weighted by atomic mass is 10.0. The third kappa shape index (κ3) is 4.40. The van der Waals surface area contributed by atoms with E-state index in [1.807, 2.05) is 43.3 Å². The quantitative estimate of drug-likeness (QED) is 0.671. The SMILES string of the molecule is Cc1ccc([C@H](C)NC(=O)CSc2ccc3ccccc3n2)cc1C. The Morgan fingerprint density at radius 3 is 2.68 bits per heavy atom. The zero-order valence-electron chi connectivity index (χ0n) is 14.7. The Morgan fingerprint density at radius 1 is 1.08 bits per heavy atom. The molecule has 25 heavy (non-hydrogen) atoms. The van der Waals surface area contributed by atoms with E-state index in [9.17, 15) is 4.79 Å². The number of carbonyl (C=O) groups excluding carboxylic acids is 1. The van der Waals surface area contributed by atoms with Crippen molar-refractivity contribution in [3.8, 4) is 0 Å². The molecular formula is C21H22N2OS. The predicted octanol–water partition coefficient (Wildman–Crippen LogP) is 4.82. The van der Waals surface area contributed by atoms with Crippen LogP contribution in [0.25, 0.3) is 10.9 Å². The summed E-state index contributed by atoms with van der Waals surface area (Å²) in [6, 6.07) is 18.3. The number of carbonyl (C=O) groups is 1. The van der Waals surface area contributed by atoms with Crippen LogP contribution in [0.1, 0.15) is 29.7 Å². The Kier molecular flexibility index (Phi) is 5.39. The summed E-state index contributed by atoms with van der Waals surface area (Å²) >= 11 is 1.46. The number of thioether (sulfide) groups is 1. The number of hydrogen-bond donors (Lipinski definition) is 1. The van der Waals surface area contributed by atoms with Crippen molar-refractivity contribution < 1.29 is 4.79 Å². The molecule has 0 bridgehead atoms. The number of hydrogen-bond acceptors (Lipinski definition) is 3. The van der Waals surface area contributed by atoms with Crippen LogP contribution in [0.5, 0.6) is 0 Å². The molecule has 4 heteroatoms. The van der Waals surface area contributed by atoms with E-state index in [2.05, 4.69) is 42.3 Å². The number of amides is 1. The van der Waals surface area contributed by atoms with Crippen molar-refractivity contribution in [3.63, 3.8) is 0 Å². The van der Waals surface area contributed by atoms with Gasteiger partial charge in [-0.3, -0.25) is 4.79 Å². The van der Waals surface area contributed by atoms with Gasteiger partial charge in [0.05, 0.1) is 22.3 Å². The molecule has 0 saturated heterocycles. The van der Waals surface area contributed by atoms with Crippen LogP contribution < -0.4 is 5.32 Å². The number of benzene rings is 2. The van der Waals surface area contributed by atoms with Crippen LogP contribution in [-0.4, -0.2) is 16.6 Å². The fraction of sp³-hybridized carbons (Fsp3) is 0.238. The summed E-state index contributed by atoms with van der Waals surface area (Å²) in [6.07, 6.45) is 0. The Morgan fingerprint density at radius 2 is 1.88 bits per heavy atom. The molecule has 3 nitrogen and oxygen atoms in total. The molecule has 0 aliphatic heterocycles. The summed E-state index contributed by atoms with van der Waals surface area (Å²) in [4.78, 5) is 16.8. The van der Waals surface area contributed by atoms with Crippen LogP contribution in [0.15, 0.2) is 59.6 Å². The summed E-state index contributed by atoms with van der Waals surface area (Å²) in [5, 5.41) is 5.04. The van der Waals surface area contributed by atoms with E-state index in [0.717, 1.165) is 21.5 Å². The van der Waals surface area contributed by atoms with Crippen LogP contribution in [0.4, 0.5) is 0 Å². The molecule has 0 spiro atoms. The van der Waals surface area contributed by atoms with Crippen LogP contribution in [0.2, 0.25) is 0 Å². The molecular weight excluding hydrogens is 328 g/mol. The minimum Gasteiger partial charge on any atom is -0.349 e. The van der Waals surface area contributed by atoms with Gasteiger partial charge in [-0.1, -0.05) is 54.2 Å². The summed E-state index contributed by atoms with van der Waals surface area (Å²) in [5.41, 5.74) is 4.59. The maximum absolute atomic E-state index is 12.3. The zero-order chi connectivity index (χ0) is 17.8. The lowest BCUT2D eigenvalue weighted by Gasteiger charge is -2.15. The van der Waals surface area contributed by atoms with Crippen LogP contribution in [0, 0.1) is 13.8 Å². The molecule has 1 heterocycles. The van der Waals surface area contributed by atoms with E-state index in [0.29, 0.717) is 5.75 Å². The van der Waals surface area contributed by atoms with Crippen molar-refractivity contribution >= 4 is 28.6 Å². The Labute approximate surface area is 152 Å². The van der Waals surface area contributed by atoms with Crippen LogP contribution >= 0.6 is 11.8 Å². The summed E-state index contributed by atoms with van der Waals surface area (Å²) in [5.74, 6) is 0.381. The minimum absolute atomic E-state index is 0.00281. The van der Waals surface area contributed by atoms with Gasteiger partial charge in [0.1, 0.15) is 0 Å². The molecule has 1 N–H and O–H groups in total. The maximum atomic E-state index is 12.3. The van der Waals surface area contributed by atoms with Gasteiger partial charge in [-0.25, -0.2) is 4.98 Å². The van der Waals surface area contributed by atoms with E-state index in [1.54, 1.807) is 0 Å². The molecule has 128 valence electrons. The number of nitrogens with one attached hydrogen (secondary N) is 1. The maximum Gasteiger partial charge on any atom is 0.230 e. The van der Waals surface area contributed by atoms with Gasteiger partial charge < -0.3 is 5.32 Å². The first-order valence-electron chi connectivity index (χ1n) is 8.38. The normalized spacial score (nSPS) is 12.1. The minimum atomic E-state index is -0.00281. The average molecular weight is 350 g/mol. The third-order valence-electron chi connectivity index (χ3n) is 4.33. The van der Waals surface area contributed by atoms with Gasteiger partial charge in [0.2, 0.25) is 5.91 Å². The fourth-order valence-corrected chi connectivity index (χ4v) is 3.36. The van der Waals surface area contributed by atoms with Gasteiger partial charge in [-0.2, -0.15) is 0 Å². The molecule has 0 unspecified atom stereocenters. The first kappa shape index (κ1) is 17.5. The van der Waals surface area contributed by atoms with E-state index in [1.165, 1.54) is 22.9 Å². The average Bonchev–Trinajstić information content (AvgIpc) is 2.62. The molecule has 0 radical (unpaired) electrons. The second-order valence-electron chi connectivity index (χ2n) is 6.26. The first-order chi connectivity index (χ1) is 12.0. The number of aromatic nitrogens is 1. The molecule has 0 fully saturated rings. The van der Waals surface area contributed by atoms with E-state index in [4.69, 9.17) is 0 Å². The lowest BCUT2D eigenvalue weighted by Crippen LogP contribution is -2.28. The van der Waals surface area contributed by atoms with Crippen LogP contribution in [0.3, 0.4) is 0 Å². The number of nitrogens with zero attached hydrogens (tertiary/aromatic N) is 1. The van der Waals surface area contributed by atoms with E-state index in [-0.39, 0.29) is 11.9 Å². The summed E-state index contributed by atoms with van der Waals surface area (Å²) in [6.45, 7) is 6.20. The van der Waals surface area contributed by atoms with Gasteiger partial charge in [-0.15, -0.1) is 0 Å². The molecule has 1 atom stereocenters. The Bertz CT molecular complexity index is 907. The van der Waals surface area contributed by atoms with Crippen molar-refractivity contribution in [1.82, 2.24) is 10.3 Å². The molecule has 2 aromatic carbocycles. The second kappa shape index (κ2) is 7.70. The third-order valence-corrected chi connectivity index (χ3v) is 5.26. The van der Waals surface area contributed by atoms with Crippen molar-refractivity contribution in [2.75, 3.05) is 5.75 Å². The number of fused-ring (bicyclic) bond motifs is 1. The summed E-state index contributed by atoms with van der Waals surface area (Å²) < 4.78 is 0. The summed E-state index contributed by atoms with van der Waals surface area (Å²) in [7, 11) is 0. The van der Waals surface area contributed by atoms with E-state index >= 15 is 0 Å². The van der Waals surface area contributed by atoms with Gasteiger partial charge >= 0.3 is 0 Å². The van der Waals surface area contributed by atoms with Crippen molar-refractivity contribution in [2.45, 2.75) is 31.8 Å². The van der Waals surface area contributed by atoms with Gasteiger partial charge in [0, 0.05) is 5.39 Å². The number of pyridine rings is 1. The molecule has 1 aromatic heterocycles. The van der Waals surface area contributed by atoms with Gasteiger partial charge in [0.25, 0.3) is 0 Å². The highest BCUT2D eigenvalue weighted by Crippen LogP contribution is 2.21. The standard InChI is InChI=1S/C21H22N2OS/c1-14-8-9-18(12-15(14)2)16(3)22-20(24)13-25-21-11-10-17-6-4-5-7-19(17)23-21/h4-12,16H,13H2,1-3H3,(H,22,24)/t16-/m0/s1.